The van der Waals surface area contributed by atoms with E-state index in [9.17, 15) is 9.67 Å². The lowest BCUT2D eigenvalue weighted by atomic mass is 10.0. The number of hydrogen-bond donors (Lipinski definition) is 1. The normalized spacial score (nSPS) is 49.5. The lowest BCUT2D eigenvalue weighted by Gasteiger charge is -2.25. The first-order chi connectivity index (χ1) is 8.71. The van der Waals surface area contributed by atoms with Crippen LogP contribution in [-0.2, 0) is 18.6 Å². The molecule has 1 unspecified atom stereocenters. The van der Waals surface area contributed by atoms with Crippen molar-refractivity contribution in [3.8, 4) is 0 Å². The molecule has 1 aliphatic heterocycles. The van der Waals surface area contributed by atoms with Gasteiger partial charge in [-0.15, -0.1) is 0 Å². The van der Waals surface area contributed by atoms with Crippen LogP contribution in [0.25, 0.3) is 0 Å². The molecule has 0 amide bonds. The molecule has 2 saturated carbocycles. The number of aliphatic hydroxyl groups is 1. The van der Waals surface area contributed by atoms with Crippen molar-refractivity contribution in [3.63, 3.8) is 0 Å². The molecule has 110 valence electrons. The molecule has 0 spiro atoms. The summed E-state index contributed by atoms with van der Waals surface area (Å²) in [6, 6.07) is 0. The van der Waals surface area contributed by atoms with Crippen LogP contribution in [0.1, 0.15) is 27.2 Å². The third-order valence-corrected chi connectivity index (χ3v) is 6.57. The molecule has 0 aromatic heterocycles. The predicted molar refractivity (Wildman–Crippen MR) is 70.4 cm³/mol. The van der Waals surface area contributed by atoms with Gasteiger partial charge in [0.1, 0.15) is 6.10 Å². The maximum absolute atomic E-state index is 12.5. The Kier molecular flexibility index (Phi) is 2.99. The molecule has 3 rings (SSSR count). The van der Waals surface area contributed by atoms with Gasteiger partial charge in [0.15, 0.2) is 5.79 Å². The maximum atomic E-state index is 12.5. The van der Waals surface area contributed by atoms with Gasteiger partial charge in [-0.1, -0.05) is 0 Å². The third kappa shape index (κ3) is 2.11. The van der Waals surface area contributed by atoms with Gasteiger partial charge >= 0.3 is 0 Å². The zero-order valence-electron chi connectivity index (χ0n) is 12.0. The molecule has 6 atom stereocenters. The zero-order valence-corrected chi connectivity index (χ0v) is 12.9. The number of hydrogen-bond acceptors (Lipinski definition) is 5. The molecule has 6 heteroatoms. The lowest BCUT2D eigenvalue weighted by Crippen LogP contribution is -2.34. The van der Waals surface area contributed by atoms with Crippen LogP contribution in [0.5, 0.6) is 0 Å². The Labute approximate surface area is 114 Å². The number of rotatable bonds is 4. The van der Waals surface area contributed by atoms with E-state index in [2.05, 4.69) is 0 Å². The highest BCUT2D eigenvalue weighted by atomic mass is 31.2. The van der Waals surface area contributed by atoms with Crippen molar-refractivity contribution in [2.75, 3.05) is 19.4 Å². The van der Waals surface area contributed by atoms with E-state index >= 15 is 0 Å². The van der Waals surface area contributed by atoms with Crippen molar-refractivity contribution >= 4 is 7.37 Å². The Bertz CT molecular complexity index is 437. The maximum Gasteiger partial charge on any atom is 0.200 e. The summed E-state index contributed by atoms with van der Waals surface area (Å²) < 4.78 is 29.6. The van der Waals surface area contributed by atoms with Gasteiger partial charge in [-0.25, -0.2) is 0 Å². The van der Waals surface area contributed by atoms with E-state index in [1.54, 1.807) is 6.66 Å². The first-order valence-corrected chi connectivity index (χ1v) is 9.21. The average molecular weight is 290 g/mol. The molecule has 5 nitrogen and oxygen atoms in total. The quantitative estimate of drug-likeness (QED) is 0.800. The van der Waals surface area contributed by atoms with E-state index in [4.69, 9.17) is 14.0 Å². The van der Waals surface area contributed by atoms with Gasteiger partial charge < -0.3 is 19.1 Å². The Morgan fingerprint density at radius 3 is 2.74 bits per heavy atom. The molecule has 19 heavy (non-hydrogen) atoms. The Morgan fingerprint density at radius 2 is 2.11 bits per heavy atom. The molecule has 1 heterocycles. The molecular weight excluding hydrogens is 267 g/mol. The SMILES string of the molecule is CCOP(C)(=O)C[C@@]12C[C@@H]1[C@H](O)[C@@H]1OC(C)(C)O[C@@H]12. The van der Waals surface area contributed by atoms with Gasteiger partial charge in [0, 0.05) is 18.2 Å². The van der Waals surface area contributed by atoms with Gasteiger partial charge in [0.05, 0.1) is 18.8 Å². The second-order valence-electron chi connectivity index (χ2n) is 6.65. The summed E-state index contributed by atoms with van der Waals surface area (Å²) in [5.41, 5.74) is -0.211. The highest BCUT2D eigenvalue weighted by molar-refractivity contribution is 7.58. The summed E-state index contributed by atoms with van der Waals surface area (Å²) in [4.78, 5) is 0. The van der Waals surface area contributed by atoms with Crippen LogP contribution in [0.15, 0.2) is 0 Å². The van der Waals surface area contributed by atoms with Crippen molar-refractivity contribution in [3.05, 3.63) is 0 Å². The van der Waals surface area contributed by atoms with Crippen molar-refractivity contribution in [2.45, 2.75) is 51.3 Å². The molecule has 3 aliphatic rings. The highest BCUT2D eigenvalue weighted by Crippen LogP contribution is 2.71. The molecule has 0 radical (unpaired) electrons. The molecular formula is C13H23O5P. The smallest absolute Gasteiger partial charge is 0.200 e. The number of fused-ring (bicyclic) bond motifs is 3. The van der Waals surface area contributed by atoms with Crippen molar-refractivity contribution in [1.29, 1.82) is 0 Å². The molecule has 3 fully saturated rings. The Hall–Kier alpha value is 0.0700. The van der Waals surface area contributed by atoms with Crippen LogP contribution in [0.2, 0.25) is 0 Å². The lowest BCUT2D eigenvalue weighted by molar-refractivity contribution is -0.166. The summed E-state index contributed by atoms with van der Waals surface area (Å²) in [7, 11) is -2.63. The zero-order chi connectivity index (χ0) is 14.1. The van der Waals surface area contributed by atoms with E-state index < -0.39 is 19.3 Å². The largest absolute Gasteiger partial charge is 0.390 e. The van der Waals surface area contributed by atoms with Crippen molar-refractivity contribution in [2.24, 2.45) is 11.3 Å². The number of ether oxygens (including phenoxy) is 2. The monoisotopic (exact) mass is 290 g/mol. The van der Waals surface area contributed by atoms with E-state index in [0.717, 1.165) is 6.42 Å². The fourth-order valence-electron chi connectivity index (χ4n) is 3.98. The molecule has 1 N–H and O–H groups in total. The first-order valence-electron chi connectivity index (χ1n) is 6.95. The van der Waals surface area contributed by atoms with Crippen LogP contribution in [0, 0.1) is 11.3 Å². The predicted octanol–water partition coefficient (Wildman–Crippen LogP) is 1.83. The summed E-state index contributed by atoms with van der Waals surface area (Å²) in [5, 5.41) is 10.3. The van der Waals surface area contributed by atoms with Crippen molar-refractivity contribution in [1.82, 2.24) is 0 Å². The van der Waals surface area contributed by atoms with E-state index in [1.807, 2.05) is 20.8 Å². The third-order valence-electron chi connectivity index (χ3n) is 4.61. The minimum Gasteiger partial charge on any atom is -0.390 e. The van der Waals surface area contributed by atoms with Crippen LogP contribution >= 0.6 is 7.37 Å². The van der Waals surface area contributed by atoms with Gasteiger partial charge in [-0.3, -0.25) is 4.57 Å². The van der Waals surface area contributed by atoms with E-state index in [-0.39, 0.29) is 23.5 Å². The minimum absolute atomic E-state index is 0.146. The summed E-state index contributed by atoms with van der Waals surface area (Å²) >= 11 is 0. The average Bonchev–Trinajstić information content (AvgIpc) is 2.79. The van der Waals surface area contributed by atoms with Gasteiger partial charge in [0.2, 0.25) is 7.37 Å². The summed E-state index contributed by atoms with van der Waals surface area (Å²) in [6.45, 7) is 7.70. The molecule has 0 aromatic carbocycles. The molecule has 1 saturated heterocycles. The van der Waals surface area contributed by atoms with Crippen LogP contribution < -0.4 is 0 Å². The topological polar surface area (TPSA) is 65.0 Å². The summed E-state index contributed by atoms with van der Waals surface area (Å²) in [5.74, 6) is -0.521. The molecule has 0 bridgehead atoms. The van der Waals surface area contributed by atoms with Gasteiger partial charge in [-0.2, -0.15) is 0 Å². The Morgan fingerprint density at radius 1 is 1.42 bits per heavy atom. The second-order valence-corrected chi connectivity index (χ2v) is 9.25. The summed E-state index contributed by atoms with van der Waals surface area (Å²) in [6.07, 6.45) is 0.399. The van der Waals surface area contributed by atoms with Gasteiger partial charge in [-0.05, 0) is 33.1 Å². The fourth-order valence-corrected chi connectivity index (χ4v) is 6.23. The van der Waals surface area contributed by atoms with Crippen LogP contribution in [-0.4, -0.2) is 48.6 Å². The standard InChI is InChI=1S/C13H23O5P/c1-5-16-19(4,15)7-13-6-8(13)9(14)10-11(13)18-12(2,3)17-10/h8-11,14H,5-7H2,1-4H3/t8-,9+,10+,11+,13+,19?/m1/s1. The second kappa shape index (κ2) is 4.05. The van der Waals surface area contributed by atoms with Crippen LogP contribution in [0.3, 0.4) is 0 Å². The fraction of sp³-hybridized carbons (Fsp3) is 1.00. The van der Waals surface area contributed by atoms with E-state index in [0.29, 0.717) is 12.8 Å². The Balaban J connectivity index is 1.81. The first kappa shape index (κ1) is 14.0. The van der Waals surface area contributed by atoms with Crippen LogP contribution in [0.4, 0.5) is 0 Å². The number of aliphatic hydroxyl groups excluding tert-OH is 1. The van der Waals surface area contributed by atoms with E-state index in [1.165, 1.54) is 0 Å². The minimum atomic E-state index is -2.63. The highest BCUT2D eigenvalue weighted by Gasteiger charge is 2.76. The molecule has 0 aromatic rings. The molecule has 2 aliphatic carbocycles. The van der Waals surface area contributed by atoms with Gasteiger partial charge in [0.25, 0.3) is 0 Å². The van der Waals surface area contributed by atoms with Crippen molar-refractivity contribution < 1.29 is 23.7 Å².